The van der Waals surface area contributed by atoms with Gasteiger partial charge >= 0.3 is 0 Å². The molecule has 8 heteroatoms. The lowest BCUT2D eigenvalue weighted by molar-refractivity contribution is 0.849. The molecule has 0 spiro atoms. The average Bonchev–Trinajstić information content (AvgIpc) is 2.93. The van der Waals surface area contributed by atoms with Gasteiger partial charge < -0.3 is 10.6 Å². The van der Waals surface area contributed by atoms with Crippen LogP contribution in [0.2, 0.25) is 0 Å². The fraction of sp³-hybridized carbons (Fsp3) is 0.500. The topological polar surface area (TPSA) is 80.5 Å². The zero-order chi connectivity index (χ0) is 14.4. The van der Waals surface area contributed by atoms with Gasteiger partial charge in [-0.3, -0.25) is 4.57 Å². The molecule has 0 aliphatic rings. The molecule has 2 rings (SSSR count). The van der Waals surface area contributed by atoms with Crippen LogP contribution in [0.15, 0.2) is 18.7 Å². The predicted molar refractivity (Wildman–Crippen MR) is 82.6 cm³/mol. The first-order chi connectivity index (χ1) is 9.72. The van der Waals surface area contributed by atoms with Crippen LogP contribution in [0, 0.1) is 0 Å². The van der Waals surface area contributed by atoms with Gasteiger partial charge in [-0.05, 0) is 20.1 Å². The molecule has 0 aliphatic heterocycles. The normalized spacial score (nSPS) is 12.2. The second kappa shape index (κ2) is 7.09. The van der Waals surface area contributed by atoms with Gasteiger partial charge in [-0.1, -0.05) is 0 Å². The Morgan fingerprint density at radius 2 is 2.10 bits per heavy atom. The minimum atomic E-state index is 0.289. The van der Waals surface area contributed by atoms with Gasteiger partial charge in [0.15, 0.2) is 0 Å². The Labute approximate surface area is 122 Å². The van der Waals surface area contributed by atoms with Gasteiger partial charge in [-0.15, -0.1) is 0 Å². The van der Waals surface area contributed by atoms with Crippen LogP contribution in [-0.4, -0.2) is 49.1 Å². The number of imidazole rings is 1. The standard InChI is InChI=1S/C12H19N7S/c1-4-14-10-16-11(15-9(2)7-20-3)18-12(17-10)19-6-5-13-8-19/h5-6,8-9H,4,7H2,1-3H3,(H2,14,15,16,17,18). The van der Waals surface area contributed by atoms with Crippen molar-refractivity contribution in [2.45, 2.75) is 19.9 Å². The maximum absolute atomic E-state index is 4.42. The molecule has 2 heterocycles. The fourth-order valence-corrected chi connectivity index (χ4v) is 2.25. The first-order valence-corrected chi connectivity index (χ1v) is 7.86. The van der Waals surface area contributed by atoms with E-state index >= 15 is 0 Å². The minimum Gasteiger partial charge on any atom is -0.354 e. The van der Waals surface area contributed by atoms with E-state index in [0.29, 0.717) is 17.8 Å². The van der Waals surface area contributed by atoms with Crippen molar-refractivity contribution in [3.05, 3.63) is 18.7 Å². The number of nitrogens with one attached hydrogen (secondary N) is 2. The van der Waals surface area contributed by atoms with Crippen LogP contribution in [0.25, 0.3) is 5.95 Å². The van der Waals surface area contributed by atoms with E-state index in [9.17, 15) is 0 Å². The molecule has 1 atom stereocenters. The number of hydrogen-bond donors (Lipinski definition) is 2. The number of rotatable bonds is 7. The second-order valence-electron chi connectivity index (χ2n) is 4.28. The van der Waals surface area contributed by atoms with Crippen LogP contribution in [-0.2, 0) is 0 Å². The summed E-state index contributed by atoms with van der Waals surface area (Å²) < 4.78 is 1.76. The van der Waals surface area contributed by atoms with E-state index in [-0.39, 0.29) is 6.04 Å². The first kappa shape index (κ1) is 14.6. The molecule has 2 N–H and O–H groups in total. The molecule has 2 aromatic heterocycles. The van der Waals surface area contributed by atoms with Gasteiger partial charge in [0.2, 0.25) is 17.8 Å². The van der Waals surface area contributed by atoms with Crippen molar-refractivity contribution in [1.82, 2.24) is 24.5 Å². The second-order valence-corrected chi connectivity index (χ2v) is 5.19. The Morgan fingerprint density at radius 1 is 1.30 bits per heavy atom. The van der Waals surface area contributed by atoms with Gasteiger partial charge in [0.05, 0.1) is 0 Å². The molecule has 0 saturated heterocycles. The highest BCUT2D eigenvalue weighted by Crippen LogP contribution is 2.11. The molecule has 0 radical (unpaired) electrons. The van der Waals surface area contributed by atoms with E-state index in [0.717, 1.165) is 12.3 Å². The molecule has 0 saturated carbocycles. The minimum absolute atomic E-state index is 0.289. The highest BCUT2D eigenvalue weighted by atomic mass is 32.2. The third-order valence-corrected chi connectivity index (χ3v) is 3.32. The monoisotopic (exact) mass is 293 g/mol. The van der Waals surface area contributed by atoms with E-state index in [1.165, 1.54) is 0 Å². The van der Waals surface area contributed by atoms with Crippen molar-refractivity contribution < 1.29 is 0 Å². The van der Waals surface area contributed by atoms with Gasteiger partial charge in [-0.2, -0.15) is 26.7 Å². The van der Waals surface area contributed by atoms with Crippen LogP contribution in [0.4, 0.5) is 11.9 Å². The fourth-order valence-electron chi connectivity index (χ4n) is 1.67. The molecule has 1 unspecified atom stereocenters. The van der Waals surface area contributed by atoms with E-state index < -0.39 is 0 Å². The van der Waals surface area contributed by atoms with Gasteiger partial charge in [0, 0.05) is 30.7 Å². The zero-order valence-electron chi connectivity index (χ0n) is 11.9. The molecule has 0 aliphatic carbocycles. The van der Waals surface area contributed by atoms with Gasteiger partial charge in [0.25, 0.3) is 0 Å². The van der Waals surface area contributed by atoms with E-state index in [1.807, 2.05) is 6.92 Å². The largest absolute Gasteiger partial charge is 0.354 e. The molecule has 108 valence electrons. The van der Waals surface area contributed by atoms with Crippen molar-refractivity contribution in [3.8, 4) is 5.95 Å². The summed E-state index contributed by atoms with van der Waals surface area (Å²) in [5, 5.41) is 6.40. The van der Waals surface area contributed by atoms with Crippen LogP contribution in [0.3, 0.4) is 0 Å². The zero-order valence-corrected chi connectivity index (χ0v) is 12.7. The summed E-state index contributed by atoms with van der Waals surface area (Å²) in [5.74, 6) is 2.67. The molecule has 0 aromatic carbocycles. The number of anilines is 2. The summed E-state index contributed by atoms with van der Waals surface area (Å²) in [6, 6.07) is 0.289. The highest BCUT2D eigenvalue weighted by Gasteiger charge is 2.09. The Bertz CT molecular complexity index is 529. The maximum atomic E-state index is 4.42. The summed E-state index contributed by atoms with van der Waals surface area (Å²) in [5.41, 5.74) is 0. The lowest BCUT2D eigenvalue weighted by Gasteiger charge is -2.14. The molecule has 0 bridgehead atoms. The smallest absolute Gasteiger partial charge is 0.241 e. The summed E-state index contributed by atoms with van der Waals surface area (Å²) in [7, 11) is 0. The molecule has 7 nitrogen and oxygen atoms in total. The third kappa shape index (κ3) is 3.83. The van der Waals surface area contributed by atoms with E-state index in [1.54, 1.807) is 35.0 Å². The molecular weight excluding hydrogens is 274 g/mol. The van der Waals surface area contributed by atoms with Gasteiger partial charge in [0.1, 0.15) is 6.33 Å². The lowest BCUT2D eigenvalue weighted by Crippen LogP contribution is -2.21. The van der Waals surface area contributed by atoms with E-state index in [2.05, 4.69) is 43.7 Å². The summed E-state index contributed by atoms with van der Waals surface area (Å²) >= 11 is 1.78. The van der Waals surface area contributed by atoms with Gasteiger partial charge in [-0.25, -0.2) is 4.98 Å². The van der Waals surface area contributed by atoms with Crippen molar-refractivity contribution >= 4 is 23.7 Å². The molecule has 2 aromatic rings. The van der Waals surface area contributed by atoms with Crippen molar-refractivity contribution in [2.75, 3.05) is 29.2 Å². The van der Waals surface area contributed by atoms with Crippen molar-refractivity contribution in [1.29, 1.82) is 0 Å². The molecule has 0 amide bonds. The average molecular weight is 293 g/mol. The predicted octanol–water partition coefficient (Wildman–Crippen LogP) is 1.65. The molecule has 0 fully saturated rings. The number of aromatic nitrogens is 5. The highest BCUT2D eigenvalue weighted by molar-refractivity contribution is 7.98. The lowest BCUT2D eigenvalue weighted by atomic mass is 10.4. The number of nitrogens with zero attached hydrogens (tertiary/aromatic N) is 5. The summed E-state index contributed by atoms with van der Waals surface area (Å²) in [6.07, 6.45) is 7.24. The SMILES string of the molecule is CCNc1nc(NC(C)CSC)nc(-n2ccnc2)n1. The third-order valence-electron chi connectivity index (χ3n) is 2.49. The Hall–Kier alpha value is -1.83. The van der Waals surface area contributed by atoms with Crippen molar-refractivity contribution in [2.24, 2.45) is 0 Å². The van der Waals surface area contributed by atoms with Crippen molar-refractivity contribution in [3.63, 3.8) is 0 Å². The maximum Gasteiger partial charge on any atom is 0.241 e. The summed E-state index contributed by atoms with van der Waals surface area (Å²) in [4.78, 5) is 17.2. The Kier molecular flexibility index (Phi) is 5.16. The van der Waals surface area contributed by atoms with Crippen LogP contribution in [0.1, 0.15) is 13.8 Å². The quantitative estimate of drug-likeness (QED) is 0.803. The first-order valence-electron chi connectivity index (χ1n) is 6.46. The molecular formula is C12H19N7S. The number of hydrogen-bond acceptors (Lipinski definition) is 7. The van der Waals surface area contributed by atoms with Crippen LogP contribution in [0.5, 0.6) is 0 Å². The van der Waals surface area contributed by atoms with Crippen LogP contribution < -0.4 is 10.6 Å². The summed E-state index contributed by atoms with van der Waals surface area (Å²) in [6.45, 7) is 4.86. The van der Waals surface area contributed by atoms with Crippen LogP contribution >= 0.6 is 11.8 Å². The number of thioether (sulfide) groups is 1. The Balaban J connectivity index is 2.26. The van der Waals surface area contributed by atoms with E-state index in [4.69, 9.17) is 0 Å². The Morgan fingerprint density at radius 3 is 2.75 bits per heavy atom. The molecule has 20 heavy (non-hydrogen) atoms.